The lowest BCUT2D eigenvalue weighted by Gasteiger charge is -2.40. The Morgan fingerprint density at radius 1 is 1.18 bits per heavy atom. The lowest BCUT2D eigenvalue weighted by Crippen LogP contribution is -2.51. The molecule has 2 heterocycles. The quantitative estimate of drug-likeness (QED) is 0.389. The van der Waals surface area contributed by atoms with Gasteiger partial charge in [-0.1, -0.05) is 11.6 Å². The summed E-state index contributed by atoms with van der Waals surface area (Å²) in [6, 6.07) is 7.19. The monoisotopic (exact) mass is 505 g/mol. The van der Waals surface area contributed by atoms with Gasteiger partial charge in [0.1, 0.15) is 11.6 Å². The van der Waals surface area contributed by atoms with Gasteiger partial charge < -0.3 is 19.1 Å². The highest BCUT2D eigenvalue weighted by atomic mass is 35.5. The molecule has 1 aliphatic carbocycles. The first kappa shape index (κ1) is 25.3. The van der Waals surface area contributed by atoms with Gasteiger partial charge in [0.05, 0.1) is 35.6 Å². The number of benzene rings is 1. The van der Waals surface area contributed by atoms with Crippen LogP contribution in [0.25, 0.3) is 0 Å². The van der Waals surface area contributed by atoms with E-state index in [9.17, 15) is 4.79 Å². The average Bonchev–Trinajstić information content (AvgIpc) is 3.01. The first-order valence-corrected chi connectivity index (χ1v) is 12.8. The molecule has 1 saturated carbocycles. The summed E-state index contributed by atoms with van der Waals surface area (Å²) < 4.78 is 17.4. The van der Waals surface area contributed by atoms with Crippen LogP contribution >= 0.6 is 23.8 Å². The Kier molecular flexibility index (Phi) is 8.11. The Balaban J connectivity index is 1.32. The normalized spacial score (nSPS) is 27.2. The third-order valence-electron chi connectivity index (χ3n) is 6.94. The van der Waals surface area contributed by atoms with Gasteiger partial charge in [0, 0.05) is 12.6 Å². The molecule has 0 spiro atoms. The molecule has 3 aliphatic rings. The van der Waals surface area contributed by atoms with E-state index >= 15 is 0 Å². The fraction of sp³-hybridized carbons (Fsp3) is 0.640. The molecule has 1 unspecified atom stereocenters. The summed E-state index contributed by atoms with van der Waals surface area (Å²) >= 11 is 12.0. The van der Waals surface area contributed by atoms with Crippen LogP contribution in [0.5, 0.6) is 0 Å². The second-order valence-electron chi connectivity index (χ2n) is 9.60. The number of rotatable bonds is 7. The molecule has 4 rings (SSSR count). The first-order chi connectivity index (χ1) is 16.3. The molecular weight excluding hydrogens is 474 g/mol. The van der Waals surface area contributed by atoms with Crippen LogP contribution in [0.3, 0.4) is 0 Å². The topological polar surface area (TPSA) is 75.0 Å². The summed E-state index contributed by atoms with van der Waals surface area (Å²) in [5.74, 6) is -0.0845. The van der Waals surface area contributed by atoms with Gasteiger partial charge in [-0.25, -0.2) is 0 Å². The maximum atomic E-state index is 13.4. The molecule has 1 amide bonds. The van der Waals surface area contributed by atoms with Crippen LogP contribution in [-0.4, -0.2) is 59.7 Å². The van der Waals surface area contributed by atoms with E-state index in [0.29, 0.717) is 34.6 Å². The number of amides is 1. The summed E-state index contributed by atoms with van der Waals surface area (Å²) in [4.78, 5) is 17.0. The van der Waals surface area contributed by atoms with Crippen LogP contribution in [0, 0.1) is 11.3 Å². The highest BCUT2D eigenvalue weighted by Crippen LogP contribution is 2.39. The minimum atomic E-state index is -0.760. The van der Waals surface area contributed by atoms with Crippen LogP contribution in [-0.2, 0) is 19.0 Å². The highest BCUT2D eigenvalue weighted by molar-refractivity contribution is 7.80. The number of hydrogen-bond donors (Lipinski definition) is 0. The third kappa shape index (κ3) is 5.24. The van der Waals surface area contributed by atoms with Gasteiger partial charge in [-0.05, 0) is 89.2 Å². The van der Waals surface area contributed by atoms with Crippen LogP contribution in [0.2, 0.25) is 5.02 Å². The second-order valence-corrected chi connectivity index (χ2v) is 10.4. The third-order valence-corrected chi connectivity index (χ3v) is 7.64. The van der Waals surface area contributed by atoms with Gasteiger partial charge in [-0.15, -0.1) is 0 Å². The van der Waals surface area contributed by atoms with Crippen molar-refractivity contribution in [3.8, 4) is 6.07 Å². The van der Waals surface area contributed by atoms with Crippen LogP contribution < -0.4 is 4.90 Å². The number of thiocarbonyl (C=S) groups is 1. The minimum absolute atomic E-state index is 0.0845. The summed E-state index contributed by atoms with van der Waals surface area (Å²) in [6.45, 7) is 5.72. The van der Waals surface area contributed by atoms with Gasteiger partial charge in [-0.2, -0.15) is 5.26 Å². The number of carbonyl (C=O) groups is 1. The lowest BCUT2D eigenvalue weighted by molar-refractivity contribution is -0.172. The smallest absolute Gasteiger partial charge is 0.258 e. The zero-order valence-electron chi connectivity index (χ0n) is 19.8. The van der Waals surface area contributed by atoms with E-state index < -0.39 is 5.54 Å². The fourth-order valence-corrected chi connectivity index (χ4v) is 5.87. The maximum Gasteiger partial charge on any atom is 0.258 e. The number of nitrogens with zero attached hydrogens (tertiary/aromatic N) is 3. The standard InChI is InChI=1S/C25H32ClN3O4S/c1-25(2)23(30)28(19-7-6-17(16-27)21(26)15-19)24(34)29(25)18-8-10-20(11-9-18)31-13-14-33-22-5-3-4-12-32-22/h6-7,15,18,20,22H,3-5,8-14H2,1-2H3/t18-,20-,22?. The molecule has 2 aliphatic heterocycles. The summed E-state index contributed by atoms with van der Waals surface area (Å²) in [7, 11) is 0. The van der Waals surface area contributed by atoms with Crippen LogP contribution in [0.4, 0.5) is 5.69 Å². The van der Waals surface area contributed by atoms with E-state index in [1.807, 2.05) is 19.9 Å². The summed E-state index contributed by atoms with van der Waals surface area (Å²) in [6.07, 6.45) is 6.96. The van der Waals surface area contributed by atoms with E-state index in [0.717, 1.165) is 51.6 Å². The van der Waals surface area contributed by atoms with Crippen molar-refractivity contribution in [2.24, 2.45) is 0 Å². The predicted octanol–water partition coefficient (Wildman–Crippen LogP) is 4.79. The Hall–Kier alpha value is -1.76. The van der Waals surface area contributed by atoms with Gasteiger partial charge in [0.2, 0.25) is 0 Å². The molecule has 0 N–H and O–H groups in total. The van der Waals surface area contributed by atoms with Crippen molar-refractivity contribution < 1.29 is 19.0 Å². The van der Waals surface area contributed by atoms with Crippen LogP contribution in [0.15, 0.2) is 18.2 Å². The first-order valence-electron chi connectivity index (χ1n) is 12.0. The number of hydrogen-bond acceptors (Lipinski definition) is 6. The fourth-order valence-electron chi connectivity index (χ4n) is 5.09. The maximum absolute atomic E-state index is 13.4. The Bertz CT molecular complexity index is 952. The number of carbonyl (C=O) groups excluding carboxylic acids is 1. The second kappa shape index (κ2) is 10.9. The average molecular weight is 506 g/mol. The van der Waals surface area contributed by atoms with Crippen molar-refractivity contribution in [1.29, 1.82) is 5.26 Å². The largest absolute Gasteiger partial charge is 0.376 e. The molecular formula is C25H32ClN3O4S. The zero-order valence-corrected chi connectivity index (χ0v) is 21.4. The molecule has 0 bridgehead atoms. The van der Waals surface area contributed by atoms with E-state index in [1.54, 1.807) is 23.1 Å². The molecule has 184 valence electrons. The number of anilines is 1. The molecule has 34 heavy (non-hydrogen) atoms. The minimum Gasteiger partial charge on any atom is -0.376 e. The van der Waals surface area contributed by atoms with Gasteiger partial charge >= 0.3 is 0 Å². The van der Waals surface area contributed by atoms with Crippen molar-refractivity contribution in [3.63, 3.8) is 0 Å². The number of nitriles is 1. The summed E-state index contributed by atoms with van der Waals surface area (Å²) in [5, 5.41) is 9.95. The van der Waals surface area contributed by atoms with Crippen LogP contribution in [0.1, 0.15) is 64.4 Å². The molecule has 1 aromatic rings. The van der Waals surface area contributed by atoms with Gasteiger partial charge in [0.15, 0.2) is 11.4 Å². The van der Waals surface area contributed by atoms with Crippen molar-refractivity contribution in [2.45, 2.75) is 82.8 Å². The summed E-state index contributed by atoms with van der Waals surface area (Å²) in [5.41, 5.74) is 0.201. The molecule has 7 nitrogen and oxygen atoms in total. The van der Waals surface area contributed by atoms with Crippen molar-refractivity contribution >= 4 is 40.5 Å². The molecule has 1 atom stereocenters. The Morgan fingerprint density at radius 3 is 2.56 bits per heavy atom. The zero-order chi connectivity index (χ0) is 24.3. The van der Waals surface area contributed by atoms with E-state index in [2.05, 4.69) is 4.90 Å². The predicted molar refractivity (Wildman–Crippen MR) is 134 cm³/mol. The van der Waals surface area contributed by atoms with Gasteiger partial charge in [0.25, 0.3) is 5.91 Å². The van der Waals surface area contributed by atoms with E-state index in [1.165, 1.54) is 0 Å². The number of halogens is 1. The Labute approximate surface area is 211 Å². The molecule has 9 heteroatoms. The molecule has 1 aromatic carbocycles. The molecule has 2 saturated heterocycles. The Morgan fingerprint density at radius 2 is 1.91 bits per heavy atom. The molecule has 0 aromatic heterocycles. The van der Waals surface area contributed by atoms with Crippen molar-refractivity contribution in [3.05, 3.63) is 28.8 Å². The van der Waals surface area contributed by atoms with Crippen molar-refractivity contribution in [2.75, 3.05) is 24.7 Å². The number of ether oxygens (including phenoxy) is 3. The van der Waals surface area contributed by atoms with E-state index in [4.69, 9.17) is 43.3 Å². The van der Waals surface area contributed by atoms with Gasteiger partial charge in [-0.3, -0.25) is 9.69 Å². The lowest BCUT2D eigenvalue weighted by atomic mass is 9.89. The highest BCUT2D eigenvalue weighted by Gasteiger charge is 2.52. The SMILES string of the molecule is CC1(C)C(=O)N(c2ccc(C#N)c(Cl)c2)C(=S)N1[C@H]1CC[C@H](OCCOC2CCCCO2)CC1. The molecule has 3 fully saturated rings. The van der Waals surface area contributed by atoms with E-state index in [-0.39, 0.29) is 24.3 Å². The molecule has 0 radical (unpaired) electrons. The van der Waals surface area contributed by atoms with Crippen molar-refractivity contribution in [1.82, 2.24) is 4.90 Å².